The molecule has 1 amide bonds. The highest BCUT2D eigenvalue weighted by molar-refractivity contribution is 7.89. The molecular weight excluding hydrogens is 415 g/mol. The van der Waals surface area contributed by atoms with Crippen molar-refractivity contribution in [3.05, 3.63) is 94.8 Å². The molecule has 0 heterocycles. The van der Waals surface area contributed by atoms with Crippen molar-refractivity contribution in [3.63, 3.8) is 0 Å². The summed E-state index contributed by atoms with van der Waals surface area (Å²) >= 11 is 5.90. The van der Waals surface area contributed by atoms with Crippen molar-refractivity contribution in [2.75, 3.05) is 12.4 Å². The van der Waals surface area contributed by atoms with Crippen LogP contribution in [0.5, 0.6) is 0 Å². The summed E-state index contributed by atoms with van der Waals surface area (Å²) in [5.74, 6) is -1.50. The van der Waals surface area contributed by atoms with Crippen LogP contribution in [0.25, 0.3) is 0 Å². The van der Waals surface area contributed by atoms with E-state index in [9.17, 15) is 17.6 Å². The number of amides is 1. The Balaban J connectivity index is 1.86. The van der Waals surface area contributed by atoms with Crippen molar-refractivity contribution in [1.82, 2.24) is 4.31 Å². The highest BCUT2D eigenvalue weighted by atomic mass is 35.5. The van der Waals surface area contributed by atoms with Gasteiger partial charge in [-0.1, -0.05) is 48.0 Å². The molecule has 3 rings (SSSR count). The molecule has 0 aromatic heterocycles. The molecule has 0 saturated heterocycles. The Kier molecular flexibility index (Phi) is 6.32. The second-order valence-corrected chi connectivity index (χ2v) is 8.81. The molecule has 0 fully saturated rings. The topological polar surface area (TPSA) is 66.5 Å². The Morgan fingerprint density at radius 3 is 2.45 bits per heavy atom. The summed E-state index contributed by atoms with van der Waals surface area (Å²) in [6, 6.07) is 18.7. The van der Waals surface area contributed by atoms with Crippen LogP contribution in [0.4, 0.5) is 10.1 Å². The number of rotatable bonds is 6. The van der Waals surface area contributed by atoms with E-state index in [1.807, 2.05) is 6.07 Å². The standard InChI is InChI=1S/C21H18ClFN2O3S/c1-25(14-15-6-3-2-4-7-15)29(27,28)20-12-16(10-11-19(20)23)21(26)24-18-9-5-8-17(22)13-18/h2-13H,14H2,1H3,(H,24,26). The normalized spacial score (nSPS) is 11.4. The van der Waals surface area contributed by atoms with Crippen LogP contribution < -0.4 is 5.32 Å². The monoisotopic (exact) mass is 432 g/mol. The van der Waals surface area contributed by atoms with Crippen LogP contribution in [-0.4, -0.2) is 25.7 Å². The molecule has 0 radical (unpaired) electrons. The van der Waals surface area contributed by atoms with Gasteiger partial charge in [0.2, 0.25) is 10.0 Å². The molecule has 5 nitrogen and oxygen atoms in total. The van der Waals surface area contributed by atoms with Crippen molar-refractivity contribution >= 4 is 33.2 Å². The lowest BCUT2D eigenvalue weighted by molar-refractivity contribution is 0.102. The van der Waals surface area contributed by atoms with E-state index in [0.717, 1.165) is 22.0 Å². The number of halogens is 2. The maximum atomic E-state index is 14.4. The van der Waals surface area contributed by atoms with Gasteiger partial charge >= 0.3 is 0 Å². The van der Waals surface area contributed by atoms with Crippen LogP contribution in [0.1, 0.15) is 15.9 Å². The molecule has 150 valence electrons. The fraction of sp³-hybridized carbons (Fsp3) is 0.0952. The van der Waals surface area contributed by atoms with Gasteiger partial charge in [-0.15, -0.1) is 0 Å². The summed E-state index contributed by atoms with van der Waals surface area (Å²) < 4.78 is 41.1. The van der Waals surface area contributed by atoms with Gasteiger partial charge in [0.05, 0.1) is 0 Å². The molecule has 0 bridgehead atoms. The summed E-state index contributed by atoms with van der Waals surface area (Å²) in [6.45, 7) is 0.0710. The van der Waals surface area contributed by atoms with Crippen LogP contribution in [0.2, 0.25) is 5.02 Å². The molecule has 1 N–H and O–H groups in total. The number of carbonyl (C=O) groups is 1. The molecule has 0 aliphatic heterocycles. The molecule has 0 spiro atoms. The molecule has 29 heavy (non-hydrogen) atoms. The summed E-state index contributed by atoms with van der Waals surface area (Å²) in [4.78, 5) is 11.9. The maximum Gasteiger partial charge on any atom is 0.255 e. The summed E-state index contributed by atoms with van der Waals surface area (Å²) in [5.41, 5.74) is 1.21. The molecule has 8 heteroatoms. The van der Waals surface area contributed by atoms with Crippen LogP contribution in [0.15, 0.2) is 77.7 Å². The van der Waals surface area contributed by atoms with E-state index in [1.165, 1.54) is 13.1 Å². The predicted molar refractivity (Wildman–Crippen MR) is 111 cm³/mol. The molecule has 3 aromatic rings. The van der Waals surface area contributed by atoms with Crippen molar-refractivity contribution in [2.24, 2.45) is 0 Å². The number of nitrogens with zero attached hydrogens (tertiary/aromatic N) is 1. The third-order valence-corrected chi connectivity index (χ3v) is 6.27. The second kappa shape index (κ2) is 8.73. The number of nitrogens with one attached hydrogen (secondary N) is 1. The number of carbonyl (C=O) groups excluding carboxylic acids is 1. The first-order valence-corrected chi connectivity index (χ1v) is 10.5. The minimum absolute atomic E-state index is 0.0121. The lowest BCUT2D eigenvalue weighted by Gasteiger charge is -2.18. The Labute approximate surface area is 173 Å². The zero-order valence-corrected chi connectivity index (χ0v) is 17.0. The van der Waals surface area contributed by atoms with Gasteiger partial charge in [-0.25, -0.2) is 12.8 Å². The minimum Gasteiger partial charge on any atom is -0.322 e. The summed E-state index contributed by atoms with van der Waals surface area (Å²) in [7, 11) is -2.78. The van der Waals surface area contributed by atoms with Crippen molar-refractivity contribution in [1.29, 1.82) is 0 Å². The van der Waals surface area contributed by atoms with Crippen LogP contribution in [0.3, 0.4) is 0 Å². The van der Waals surface area contributed by atoms with Gasteiger partial charge in [0.15, 0.2) is 0 Å². The number of benzene rings is 3. The van der Waals surface area contributed by atoms with Gasteiger partial charge in [-0.3, -0.25) is 4.79 Å². The first kappa shape index (κ1) is 21.0. The SMILES string of the molecule is CN(Cc1ccccc1)S(=O)(=O)c1cc(C(=O)Nc2cccc(Cl)c2)ccc1F. The zero-order valence-electron chi connectivity index (χ0n) is 15.5. The molecule has 0 saturated carbocycles. The van der Waals surface area contributed by atoms with E-state index >= 15 is 0 Å². The molecule has 0 atom stereocenters. The average molecular weight is 433 g/mol. The van der Waals surface area contributed by atoms with E-state index in [4.69, 9.17) is 11.6 Å². The fourth-order valence-corrected chi connectivity index (χ4v) is 4.14. The number of sulfonamides is 1. The van der Waals surface area contributed by atoms with Crippen LogP contribution in [-0.2, 0) is 16.6 Å². The molecular formula is C21H18ClFN2O3S. The summed E-state index contributed by atoms with van der Waals surface area (Å²) in [5, 5.41) is 3.05. The van der Waals surface area contributed by atoms with Crippen molar-refractivity contribution < 1.29 is 17.6 Å². The number of anilines is 1. The van der Waals surface area contributed by atoms with Gasteiger partial charge in [0, 0.05) is 29.9 Å². The van der Waals surface area contributed by atoms with Gasteiger partial charge in [0.1, 0.15) is 10.7 Å². The Bertz CT molecular complexity index is 1140. The Hall–Kier alpha value is -2.74. The van der Waals surface area contributed by atoms with Crippen molar-refractivity contribution in [3.8, 4) is 0 Å². The van der Waals surface area contributed by atoms with E-state index in [0.29, 0.717) is 10.7 Å². The average Bonchev–Trinajstić information content (AvgIpc) is 2.69. The highest BCUT2D eigenvalue weighted by Gasteiger charge is 2.26. The smallest absolute Gasteiger partial charge is 0.255 e. The lowest BCUT2D eigenvalue weighted by Crippen LogP contribution is -2.27. The maximum absolute atomic E-state index is 14.4. The number of hydrogen-bond donors (Lipinski definition) is 1. The lowest BCUT2D eigenvalue weighted by atomic mass is 10.2. The van der Waals surface area contributed by atoms with Crippen LogP contribution in [0, 0.1) is 5.82 Å². The van der Waals surface area contributed by atoms with E-state index < -0.39 is 26.6 Å². The van der Waals surface area contributed by atoms with Gasteiger partial charge in [-0.05, 0) is 42.0 Å². The largest absolute Gasteiger partial charge is 0.322 e. The van der Waals surface area contributed by atoms with Crippen molar-refractivity contribution in [2.45, 2.75) is 11.4 Å². The minimum atomic E-state index is -4.15. The van der Waals surface area contributed by atoms with E-state index in [1.54, 1.807) is 48.5 Å². The van der Waals surface area contributed by atoms with E-state index in [2.05, 4.69) is 5.32 Å². The Morgan fingerprint density at radius 2 is 1.76 bits per heavy atom. The summed E-state index contributed by atoms with van der Waals surface area (Å²) in [6.07, 6.45) is 0. The van der Waals surface area contributed by atoms with E-state index in [-0.39, 0.29) is 12.1 Å². The predicted octanol–water partition coefficient (Wildman–Crippen LogP) is 4.55. The first-order chi connectivity index (χ1) is 13.8. The molecule has 3 aromatic carbocycles. The fourth-order valence-electron chi connectivity index (χ4n) is 2.71. The van der Waals surface area contributed by atoms with Gasteiger partial charge < -0.3 is 5.32 Å². The third kappa shape index (κ3) is 5.00. The molecule has 0 unspecified atom stereocenters. The first-order valence-electron chi connectivity index (χ1n) is 8.64. The Morgan fingerprint density at radius 1 is 1.03 bits per heavy atom. The van der Waals surface area contributed by atoms with Gasteiger partial charge in [-0.2, -0.15) is 4.31 Å². The second-order valence-electron chi connectivity index (χ2n) is 6.36. The van der Waals surface area contributed by atoms with Crippen LogP contribution >= 0.6 is 11.6 Å². The molecule has 0 aliphatic rings. The quantitative estimate of drug-likeness (QED) is 0.621. The molecule has 0 aliphatic carbocycles. The van der Waals surface area contributed by atoms with Gasteiger partial charge in [0.25, 0.3) is 5.91 Å². The number of hydrogen-bond acceptors (Lipinski definition) is 3. The third-order valence-electron chi connectivity index (χ3n) is 4.21. The highest BCUT2D eigenvalue weighted by Crippen LogP contribution is 2.23. The zero-order chi connectivity index (χ0) is 21.0.